The molecule has 0 saturated carbocycles. The summed E-state index contributed by atoms with van der Waals surface area (Å²) in [6.45, 7) is 2.65. The molecule has 0 aromatic heterocycles. The van der Waals surface area contributed by atoms with Crippen molar-refractivity contribution in [2.75, 3.05) is 43.6 Å². The number of hydrogen-bond donors (Lipinski definition) is 1. The van der Waals surface area contributed by atoms with E-state index in [0.717, 1.165) is 16.8 Å². The zero-order valence-electron chi connectivity index (χ0n) is 18.0. The summed E-state index contributed by atoms with van der Waals surface area (Å²) in [5.41, 5.74) is 3.61. The number of hydrogen-bond acceptors (Lipinski definition) is 5. The van der Waals surface area contributed by atoms with Gasteiger partial charge in [-0.1, -0.05) is 60.7 Å². The van der Waals surface area contributed by atoms with E-state index in [1.165, 1.54) is 7.11 Å². The minimum Gasteiger partial charge on any atom is -0.465 e. The third-order valence-corrected chi connectivity index (χ3v) is 5.56. The number of carbonyl (C=O) groups is 2. The molecule has 6 heteroatoms. The van der Waals surface area contributed by atoms with Crippen molar-refractivity contribution in [2.45, 2.75) is 5.92 Å². The Morgan fingerprint density at radius 1 is 0.906 bits per heavy atom. The lowest BCUT2D eigenvalue weighted by Gasteiger charge is -2.31. The number of amides is 1. The topological polar surface area (TPSA) is 67.9 Å². The molecule has 1 fully saturated rings. The van der Waals surface area contributed by atoms with Gasteiger partial charge in [0, 0.05) is 13.1 Å². The first-order valence-corrected chi connectivity index (χ1v) is 10.6. The average Bonchev–Trinajstić information content (AvgIpc) is 2.85. The molecule has 0 radical (unpaired) electrons. The van der Waals surface area contributed by atoms with Crippen molar-refractivity contribution in [3.63, 3.8) is 0 Å². The lowest BCUT2D eigenvalue weighted by Crippen LogP contribution is -2.37. The third kappa shape index (κ3) is 4.81. The lowest BCUT2D eigenvalue weighted by atomic mass is 9.90. The molecule has 1 amide bonds. The van der Waals surface area contributed by atoms with Gasteiger partial charge in [-0.3, -0.25) is 4.79 Å². The first-order chi connectivity index (χ1) is 15.7. The second-order valence-electron chi connectivity index (χ2n) is 7.57. The first-order valence-electron chi connectivity index (χ1n) is 10.6. The molecule has 6 nitrogen and oxygen atoms in total. The van der Waals surface area contributed by atoms with E-state index in [1.54, 1.807) is 12.1 Å². The Hall–Kier alpha value is -3.64. The Balaban J connectivity index is 1.71. The molecular weight excluding hydrogens is 404 g/mol. The number of nitrogens with one attached hydrogen (secondary N) is 1. The number of benzene rings is 3. The van der Waals surface area contributed by atoms with E-state index in [9.17, 15) is 9.59 Å². The third-order valence-electron chi connectivity index (χ3n) is 5.56. The minimum atomic E-state index is -0.489. The monoisotopic (exact) mass is 430 g/mol. The molecule has 0 spiro atoms. The number of esters is 1. The fourth-order valence-electron chi connectivity index (χ4n) is 3.95. The summed E-state index contributed by atoms with van der Waals surface area (Å²) in [4.78, 5) is 27.9. The smallest absolute Gasteiger partial charge is 0.337 e. The van der Waals surface area contributed by atoms with E-state index < -0.39 is 11.9 Å². The molecule has 0 aliphatic carbocycles. The molecule has 3 aromatic rings. The van der Waals surface area contributed by atoms with Crippen LogP contribution in [0.25, 0.3) is 0 Å². The number of morpholine rings is 1. The highest BCUT2D eigenvalue weighted by Gasteiger charge is 2.25. The summed E-state index contributed by atoms with van der Waals surface area (Å²) in [5, 5.41) is 3.10. The molecule has 1 N–H and O–H groups in total. The summed E-state index contributed by atoms with van der Waals surface area (Å²) in [5.74, 6) is -1.10. The summed E-state index contributed by atoms with van der Waals surface area (Å²) >= 11 is 0. The quantitative estimate of drug-likeness (QED) is 0.597. The van der Waals surface area contributed by atoms with Crippen LogP contribution in [0.15, 0.2) is 78.9 Å². The van der Waals surface area contributed by atoms with Gasteiger partial charge in [0.25, 0.3) is 0 Å². The molecule has 164 valence electrons. The van der Waals surface area contributed by atoms with Crippen LogP contribution in [0.1, 0.15) is 27.4 Å². The average molecular weight is 431 g/mol. The van der Waals surface area contributed by atoms with Gasteiger partial charge in [0.15, 0.2) is 0 Å². The van der Waals surface area contributed by atoms with E-state index in [4.69, 9.17) is 9.47 Å². The standard InChI is InChI=1S/C26H26N2O4/c1-31-26(30)21-12-13-23(28-14-16-32-17-15-28)22(18-21)27-25(29)24(19-8-4-2-5-9-19)20-10-6-3-7-11-20/h2-13,18,24H,14-17H2,1H3,(H,27,29). The molecule has 1 aliphatic rings. The number of methoxy groups -OCH3 is 1. The van der Waals surface area contributed by atoms with Crippen molar-refractivity contribution in [1.82, 2.24) is 0 Å². The number of anilines is 2. The summed E-state index contributed by atoms with van der Waals surface area (Å²) in [7, 11) is 1.34. The maximum Gasteiger partial charge on any atom is 0.337 e. The fraction of sp³-hybridized carbons (Fsp3) is 0.231. The van der Waals surface area contributed by atoms with Gasteiger partial charge in [-0.25, -0.2) is 4.79 Å². The zero-order valence-corrected chi connectivity index (χ0v) is 18.0. The molecule has 1 heterocycles. The van der Waals surface area contributed by atoms with Crippen molar-refractivity contribution in [2.24, 2.45) is 0 Å². The predicted molar refractivity (Wildman–Crippen MR) is 124 cm³/mol. The summed E-state index contributed by atoms with van der Waals surface area (Å²) in [6, 6.07) is 24.6. The van der Waals surface area contributed by atoms with Crippen LogP contribution in [0.2, 0.25) is 0 Å². The number of carbonyl (C=O) groups excluding carboxylic acids is 2. The second-order valence-corrected chi connectivity index (χ2v) is 7.57. The molecular formula is C26H26N2O4. The van der Waals surface area contributed by atoms with Crippen LogP contribution >= 0.6 is 0 Å². The lowest BCUT2D eigenvalue weighted by molar-refractivity contribution is -0.116. The van der Waals surface area contributed by atoms with E-state index in [-0.39, 0.29) is 5.91 Å². The number of ether oxygens (including phenoxy) is 2. The van der Waals surface area contributed by atoms with Gasteiger partial charge in [-0.15, -0.1) is 0 Å². The van der Waals surface area contributed by atoms with E-state index in [2.05, 4.69) is 10.2 Å². The molecule has 0 unspecified atom stereocenters. The van der Waals surface area contributed by atoms with E-state index in [1.807, 2.05) is 66.7 Å². The van der Waals surface area contributed by atoms with Gasteiger partial charge in [0.2, 0.25) is 5.91 Å². The summed E-state index contributed by atoms with van der Waals surface area (Å²) < 4.78 is 10.4. The molecule has 1 saturated heterocycles. The van der Waals surface area contributed by atoms with Gasteiger partial charge in [0.05, 0.1) is 43.2 Å². The Bertz CT molecular complexity index is 1020. The van der Waals surface area contributed by atoms with Crippen molar-refractivity contribution >= 4 is 23.3 Å². The van der Waals surface area contributed by atoms with Crippen LogP contribution in [-0.4, -0.2) is 45.3 Å². The maximum atomic E-state index is 13.6. The van der Waals surface area contributed by atoms with Gasteiger partial charge in [-0.05, 0) is 29.3 Å². The number of nitrogens with zero attached hydrogens (tertiary/aromatic N) is 1. The Morgan fingerprint density at radius 3 is 2.06 bits per heavy atom. The first kappa shape index (κ1) is 21.6. The highest BCUT2D eigenvalue weighted by molar-refractivity contribution is 6.02. The van der Waals surface area contributed by atoms with Crippen molar-refractivity contribution in [1.29, 1.82) is 0 Å². The van der Waals surface area contributed by atoms with Crippen LogP contribution in [-0.2, 0) is 14.3 Å². The van der Waals surface area contributed by atoms with Gasteiger partial charge in [0.1, 0.15) is 0 Å². The largest absolute Gasteiger partial charge is 0.465 e. The molecule has 0 atom stereocenters. The van der Waals surface area contributed by atoms with Gasteiger partial charge in [-0.2, -0.15) is 0 Å². The summed E-state index contributed by atoms with van der Waals surface area (Å²) in [6.07, 6.45) is 0. The highest BCUT2D eigenvalue weighted by Crippen LogP contribution is 2.32. The van der Waals surface area contributed by atoms with Crippen LogP contribution in [0, 0.1) is 0 Å². The molecule has 0 bridgehead atoms. The molecule has 32 heavy (non-hydrogen) atoms. The van der Waals surface area contributed by atoms with Gasteiger partial charge < -0.3 is 19.7 Å². The van der Waals surface area contributed by atoms with Crippen LogP contribution in [0.3, 0.4) is 0 Å². The van der Waals surface area contributed by atoms with E-state index in [0.29, 0.717) is 37.6 Å². The Kier molecular flexibility index (Phi) is 6.82. The zero-order chi connectivity index (χ0) is 22.3. The molecule has 1 aliphatic heterocycles. The molecule has 4 rings (SSSR count). The van der Waals surface area contributed by atoms with Crippen LogP contribution in [0.4, 0.5) is 11.4 Å². The fourth-order valence-corrected chi connectivity index (χ4v) is 3.95. The SMILES string of the molecule is COC(=O)c1ccc(N2CCOCC2)c(NC(=O)C(c2ccccc2)c2ccccc2)c1. The second kappa shape index (κ2) is 10.1. The number of rotatable bonds is 6. The normalized spacial score (nSPS) is 13.6. The van der Waals surface area contributed by atoms with Gasteiger partial charge >= 0.3 is 5.97 Å². The Labute approximate surface area is 187 Å². The predicted octanol–water partition coefficient (Wildman–Crippen LogP) is 4.08. The van der Waals surface area contributed by atoms with Crippen molar-refractivity contribution in [3.05, 3.63) is 95.6 Å². The van der Waals surface area contributed by atoms with Crippen LogP contribution < -0.4 is 10.2 Å². The minimum absolute atomic E-state index is 0.168. The molecule has 3 aromatic carbocycles. The maximum absolute atomic E-state index is 13.6. The van der Waals surface area contributed by atoms with Crippen molar-refractivity contribution in [3.8, 4) is 0 Å². The van der Waals surface area contributed by atoms with Crippen molar-refractivity contribution < 1.29 is 19.1 Å². The van der Waals surface area contributed by atoms with E-state index >= 15 is 0 Å². The Morgan fingerprint density at radius 2 is 1.50 bits per heavy atom. The van der Waals surface area contributed by atoms with Crippen LogP contribution in [0.5, 0.6) is 0 Å². The highest BCUT2D eigenvalue weighted by atomic mass is 16.5.